The molecule has 0 bridgehead atoms. The maximum Gasteiger partial charge on any atom is 4.00 e. The van der Waals surface area contributed by atoms with Gasteiger partial charge >= 0.3 is 26.2 Å². The molecule has 0 aromatic heterocycles. The largest absolute Gasteiger partial charge is 4.00 e. The summed E-state index contributed by atoms with van der Waals surface area (Å²) in [6.45, 7) is 4.37. The van der Waals surface area contributed by atoms with Crippen LogP contribution in [0.3, 0.4) is 0 Å². The molecule has 0 atom stereocenters. The molecule has 3 heteroatoms. The third-order valence-corrected chi connectivity index (χ3v) is 6.02. The van der Waals surface area contributed by atoms with Gasteiger partial charge in [0.25, 0.3) is 0 Å². The van der Waals surface area contributed by atoms with Crippen LogP contribution in [-0.4, -0.2) is 0 Å². The molecule has 0 spiro atoms. The Morgan fingerprint density at radius 1 is 0.630 bits per heavy atom. The molecule has 2 aromatic carbocycles. The van der Waals surface area contributed by atoms with Crippen LogP contribution in [0.25, 0.3) is 0 Å². The molecule has 2 fully saturated rings. The van der Waals surface area contributed by atoms with Crippen LogP contribution >= 0.6 is 0 Å². The average molecular weight is 485 g/mol. The van der Waals surface area contributed by atoms with E-state index in [0.29, 0.717) is 0 Å². The van der Waals surface area contributed by atoms with Crippen LogP contribution < -0.4 is 24.8 Å². The van der Waals surface area contributed by atoms with Crippen molar-refractivity contribution >= 4 is 0 Å². The van der Waals surface area contributed by atoms with Gasteiger partial charge < -0.3 is 24.8 Å². The fraction of sp³-hybridized carbons (Fsp3) is 0.583. The molecular weight excluding hydrogens is 450 g/mol. The molecule has 0 unspecified atom stereocenters. The summed E-state index contributed by atoms with van der Waals surface area (Å²) in [5.74, 6) is 1.76. The van der Waals surface area contributed by atoms with Gasteiger partial charge in [0.05, 0.1) is 0 Å². The summed E-state index contributed by atoms with van der Waals surface area (Å²) in [5, 5.41) is 0. The first-order valence-corrected chi connectivity index (χ1v) is 10.2. The maximum atomic E-state index is 2.36. The summed E-state index contributed by atoms with van der Waals surface area (Å²) in [4.78, 5) is 0. The van der Waals surface area contributed by atoms with E-state index in [1.54, 1.807) is 11.1 Å². The summed E-state index contributed by atoms with van der Waals surface area (Å²) in [5.41, 5.74) is 6.03. The number of rotatable bonds is 2. The van der Waals surface area contributed by atoms with Crippen LogP contribution in [0.5, 0.6) is 0 Å². The smallest absolute Gasteiger partial charge is 1.00 e. The third kappa shape index (κ3) is 8.59. The van der Waals surface area contributed by atoms with Crippen molar-refractivity contribution in [2.45, 2.75) is 89.9 Å². The minimum Gasteiger partial charge on any atom is -1.00 e. The number of halogens is 2. The van der Waals surface area contributed by atoms with E-state index in [2.05, 4.69) is 50.2 Å². The predicted molar refractivity (Wildman–Crippen MR) is 105 cm³/mol. The second-order valence-electron chi connectivity index (χ2n) is 8.11. The van der Waals surface area contributed by atoms with Gasteiger partial charge in [-0.2, -0.15) is 35.4 Å². The summed E-state index contributed by atoms with van der Waals surface area (Å²) in [7, 11) is 0. The van der Waals surface area contributed by atoms with Gasteiger partial charge in [0.15, 0.2) is 0 Å². The van der Waals surface area contributed by atoms with Gasteiger partial charge in [-0.25, -0.2) is 23.3 Å². The van der Waals surface area contributed by atoms with Crippen LogP contribution in [0.15, 0.2) is 36.4 Å². The molecule has 148 valence electrons. The molecule has 2 aromatic rings. The molecule has 0 heterocycles. The SMILES string of the molecule is Cc1cc[c-](C2CCCCC2)c1.Cc1cc[c-](C2CCCCC2)c1.[Cl-].[Cl-].[Zr+4]. The fourth-order valence-corrected chi connectivity index (χ4v) is 4.55. The van der Waals surface area contributed by atoms with Gasteiger partial charge in [-0.05, 0) is 0 Å². The second-order valence-corrected chi connectivity index (χ2v) is 8.11. The molecule has 0 radical (unpaired) electrons. The van der Waals surface area contributed by atoms with Gasteiger partial charge in [0.1, 0.15) is 0 Å². The Kier molecular flexibility index (Phi) is 14.3. The van der Waals surface area contributed by atoms with Crippen LogP contribution in [0.1, 0.15) is 98.3 Å². The molecule has 2 aliphatic carbocycles. The molecule has 4 rings (SSSR count). The first-order valence-electron chi connectivity index (χ1n) is 10.2. The van der Waals surface area contributed by atoms with Crippen molar-refractivity contribution in [2.24, 2.45) is 0 Å². The Bertz CT molecular complexity index is 547. The zero-order valence-corrected chi connectivity index (χ0v) is 20.9. The zero-order chi connectivity index (χ0) is 16.8. The quantitative estimate of drug-likeness (QED) is 0.568. The number of hydrogen-bond acceptors (Lipinski definition) is 0. The predicted octanol–water partition coefficient (Wildman–Crippen LogP) is 1.53. The molecule has 0 aliphatic heterocycles. The van der Waals surface area contributed by atoms with Crippen molar-refractivity contribution in [1.29, 1.82) is 0 Å². The second kappa shape index (κ2) is 14.2. The standard InChI is InChI=1S/2C12H17.2ClH.Zr/c2*1-10-7-8-12(9-10)11-5-3-2-4-6-11;;;/h2*7-9,11H,2-6H2,1H3;2*1H;/q2*-1;;;+4/p-2. The van der Waals surface area contributed by atoms with Crippen LogP contribution in [0.2, 0.25) is 0 Å². The van der Waals surface area contributed by atoms with E-state index >= 15 is 0 Å². The van der Waals surface area contributed by atoms with Crippen LogP contribution in [-0.2, 0) is 26.2 Å². The van der Waals surface area contributed by atoms with Crippen molar-refractivity contribution < 1.29 is 51.0 Å². The van der Waals surface area contributed by atoms with Crippen LogP contribution in [0.4, 0.5) is 0 Å². The molecular formula is C24H34Cl2Zr. The zero-order valence-electron chi connectivity index (χ0n) is 16.9. The van der Waals surface area contributed by atoms with Crippen molar-refractivity contribution in [3.8, 4) is 0 Å². The monoisotopic (exact) mass is 482 g/mol. The van der Waals surface area contributed by atoms with Gasteiger partial charge in [0, 0.05) is 0 Å². The molecule has 0 nitrogen and oxygen atoms in total. The van der Waals surface area contributed by atoms with Crippen molar-refractivity contribution in [1.82, 2.24) is 0 Å². The van der Waals surface area contributed by atoms with E-state index in [1.807, 2.05) is 0 Å². The van der Waals surface area contributed by atoms with E-state index in [1.165, 1.54) is 75.3 Å². The summed E-state index contributed by atoms with van der Waals surface area (Å²) >= 11 is 0. The van der Waals surface area contributed by atoms with E-state index in [9.17, 15) is 0 Å². The Morgan fingerprint density at radius 2 is 0.963 bits per heavy atom. The molecule has 0 saturated heterocycles. The minimum absolute atomic E-state index is 0. The minimum atomic E-state index is 0. The average Bonchev–Trinajstić information content (AvgIpc) is 3.26. The summed E-state index contributed by atoms with van der Waals surface area (Å²) in [6.07, 6.45) is 14.3. The summed E-state index contributed by atoms with van der Waals surface area (Å²) < 4.78 is 0. The van der Waals surface area contributed by atoms with E-state index in [-0.39, 0.29) is 51.0 Å². The Hall–Kier alpha value is 0.163. The molecule has 2 saturated carbocycles. The van der Waals surface area contributed by atoms with Crippen LogP contribution in [0, 0.1) is 13.8 Å². The van der Waals surface area contributed by atoms with E-state index in [4.69, 9.17) is 0 Å². The maximum absolute atomic E-state index is 2.36. The first-order chi connectivity index (χ1) is 11.7. The number of hydrogen-bond donors (Lipinski definition) is 0. The molecule has 0 amide bonds. The van der Waals surface area contributed by atoms with Crippen molar-refractivity contribution in [3.05, 3.63) is 58.7 Å². The Balaban J connectivity index is 0.000000451. The molecule has 2 aliphatic rings. The normalized spacial score (nSPS) is 17.6. The van der Waals surface area contributed by atoms with Crippen molar-refractivity contribution in [3.63, 3.8) is 0 Å². The van der Waals surface area contributed by atoms with Gasteiger partial charge in [0.2, 0.25) is 0 Å². The summed E-state index contributed by atoms with van der Waals surface area (Å²) in [6, 6.07) is 13.8. The Labute approximate surface area is 198 Å². The van der Waals surface area contributed by atoms with Crippen molar-refractivity contribution in [2.75, 3.05) is 0 Å². The van der Waals surface area contributed by atoms with Gasteiger partial charge in [-0.1, -0.05) is 89.9 Å². The topological polar surface area (TPSA) is 0 Å². The Morgan fingerprint density at radius 3 is 1.22 bits per heavy atom. The van der Waals surface area contributed by atoms with E-state index in [0.717, 1.165) is 11.8 Å². The third-order valence-electron chi connectivity index (χ3n) is 6.02. The number of aryl methyl sites for hydroxylation is 2. The van der Waals surface area contributed by atoms with Gasteiger partial charge in [-0.15, -0.1) is 0 Å². The molecule has 0 N–H and O–H groups in total. The van der Waals surface area contributed by atoms with E-state index < -0.39 is 0 Å². The molecule has 27 heavy (non-hydrogen) atoms. The van der Waals surface area contributed by atoms with Gasteiger partial charge in [-0.3, -0.25) is 0 Å². The fourth-order valence-electron chi connectivity index (χ4n) is 4.55. The first kappa shape index (κ1) is 27.2.